The molecule has 0 bridgehead atoms. The van der Waals surface area contributed by atoms with E-state index in [0.717, 1.165) is 53.6 Å². The van der Waals surface area contributed by atoms with Crippen molar-refractivity contribution in [2.75, 3.05) is 31.1 Å². The predicted octanol–water partition coefficient (Wildman–Crippen LogP) is 3.74. The number of hydrogen-bond donors (Lipinski definition) is 0. The Morgan fingerprint density at radius 3 is 2.86 bits per heavy atom. The number of piperidine rings is 1. The zero-order chi connectivity index (χ0) is 19.8. The minimum atomic E-state index is 0.634. The van der Waals surface area contributed by atoms with Crippen LogP contribution >= 0.6 is 0 Å². The summed E-state index contributed by atoms with van der Waals surface area (Å²) in [5, 5.41) is 10.3. The quantitative estimate of drug-likeness (QED) is 0.637. The average Bonchev–Trinajstić information content (AvgIpc) is 3.16. The van der Waals surface area contributed by atoms with Gasteiger partial charge in [0, 0.05) is 37.6 Å². The zero-order valence-electron chi connectivity index (χ0n) is 17.1. The first-order chi connectivity index (χ1) is 14.2. The van der Waals surface area contributed by atoms with E-state index in [4.69, 9.17) is 4.98 Å². The first kappa shape index (κ1) is 18.3. The number of pyridine rings is 1. The monoisotopic (exact) mass is 388 g/mol. The Bertz CT molecular complexity index is 1040. The highest BCUT2D eigenvalue weighted by molar-refractivity contribution is 5.80. The van der Waals surface area contributed by atoms with Crippen molar-refractivity contribution < 1.29 is 0 Å². The zero-order valence-corrected chi connectivity index (χ0v) is 17.1. The van der Waals surface area contributed by atoms with Gasteiger partial charge in [-0.3, -0.25) is 9.47 Å². The van der Waals surface area contributed by atoms with E-state index in [0.29, 0.717) is 12.6 Å². The van der Waals surface area contributed by atoms with Crippen LogP contribution in [0.4, 0.5) is 5.95 Å². The first-order valence-electron chi connectivity index (χ1n) is 10.6. The standard InChI is InChI=1S/C23H28N6/c1-17(2)15-29-22(21-11-10-18-7-3-4-9-20(18)24-21)25-26-23(29)28-14-13-27-12-6-5-8-19(27)16-28/h3-4,7,9-11,19H,1,5-6,8,12-16H2,2H3. The van der Waals surface area contributed by atoms with Gasteiger partial charge >= 0.3 is 0 Å². The Morgan fingerprint density at radius 1 is 1.07 bits per heavy atom. The minimum Gasteiger partial charge on any atom is -0.338 e. The Balaban J connectivity index is 1.51. The molecule has 1 aromatic carbocycles. The van der Waals surface area contributed by atoms with Gasteiger partial charge in [-0.25, -0.2) is 4.98 Å². The van der Waals surface area contributed by atoms with Gasteiger partial charge in [0.2, 0.25) is 5.95 Å². The number of rotatable bonds is 4. The van der Waals surface area contributed by atoms with Gasteiger partial charge in [-0.2, -0.15) is 0 Å². The summed E-state index contributed by atoms with van der Waals surface area (Å²) in [6.07, 6.45) is 3.95. The molecule has 0 saturated carbocycles. The van der Waals surface area contributed by atoms with E-state index in [-0.39, 0.29) is 0 Å². The highest BCUT2D eigenvalue weighted by atomic mass is 15.4. The van der Waals surface area contributed by atoms with Crippen molar-refractivity contribution in [1.82, 2.24) is 24.6 Å². The third kappa shape index (κ3) is 3.53. The fourth-order valence-electron chi connectivity index (χ4n) is 4.66. The van der Waals surface area contributed by atoms with Crippen LogP contribution in [0.15, 0.2) is 48.6 Å². The Morgan fingerprint density at radius 2 is 1.97 bits per heavy atom. The molecule has 0 radical (unpaired) electrons. The molecule has 6 heteroatoms. The lowest BCUT2D eigenvalue weighted by Crippen LogP contribution is -2.55. The first-order valence-corrected chi connectivity index (χ1v) is 10.6. The van der Waals surface area contributed by atoms with E-state index in [9.17, 15) is 0 Å². The lowest BCUT2D eigenvalue weighted by atomic mass is 10.00. The molecular formula is C23H28N6. The van der Waals surface area contributed by atoms with Crippen LogP contribution in [0, 0.1) is 0 Å². The van der Waals surface area contributed by atoms with Crippen molar-refractivity contribution in [3.63, 3.8) is 0 Å². The van der Waals surface area contributed by atoms with E-state index in [1.54, 1.807) is 0 Å². The van der Waals surface area contributed by atoms with Crippen LogP contribution in [0.1, 0.15) is 26.2 Å². The molecule has 4 heterocycles. The van der Waals surface area contributed by atoms with Crippen LogP contribution in [0.5, 0.6) is 0 Å². The van der Waals surface area contributed by atoms with Crippen LogP contribution in [0.3, 0.4) is 0 Å². The van der Waals surface area contributed by atoms with Crippen LogP contribution < -0.4 is 4.90 Å². The molecule has 5 rings (SSSR count). The van der Waals surface area contributed by atoms with Crippen molar-refractivity contribution in [2.45, 2.75) is 38.8 Å². The van der Waals surface area contributed by atoms with Gasteiger partial charge in [0.05, 0.1) is 5.52 Å². The highest BCUT2D eigenvalue weighted by Gasteiger charge is 2.31. The number of aromatic nitrogens is 4. The molecule has 29 heavy (non-hydrogen) atoms. The Labute approximate surface area is 171 Å². The van der Waals surface area contributed by atoms with Crippen molar-refractivity contribution in [1.29, 1.82) is 0 Å². The summed E-state index contributed by atoms with van der Waals surface area (Å²) in [5.74, 6) is 1.77. The molecule has 2 aliphatic heterocycles. The smallest absolute Gasteiger partial charge is 0.227 e. The SMILES string of the molecule is C=C(C)Cn1c(-c2ccc3ccccc3n2)nnc1N1CCN2CCCCC2C1. The van der Waals surface area contributed by atoms with E-state index < -0.39 is 0 Å². The molecule has 150 valence electrons. The average molecular weight is 389 g/mol. The van der Waals surface area contributed by atoms with Crippen LogP contribution in [0.2, 0.25) is 0 Å². The Hall–Kier alpha value is -2.73. The van der Waals surface area contributed by atoms with E-state index in [1.807, 2.05) is 24.3 Å². The normalized spacial score (nSPS) is 20.0. The molecule has 0 spiro atoms. The fraction of sp³-hybridized carbons (Fsp3) is 0.435. The number of benzene rings is 1. The topological polar surface area (TPSA) is 50.1 Å². The summed E-state index contributed by atoms with van der Waals surface area (Å²) in [6.45, 7) is 11.3. The highest BCUT2D eigenvalue weighted by Crippen LogP contribution is 2.28. The maximum atomic E-state index is 4.86. The number of piperazine rings is 1. The van der Waals surface area contributed by atoms with Crippen molar-refractivity contribution >= 4 is 16.9 Å². The third-order valence-corrected chi connectivity index (χ3v) is 6.11. The summed E-state index contributed by atoms with van der Waals surface area (Å²) in [4.78, 5) is 9.91. The molecule has 1 atom stereocenters. The molecule has 1 unspecified atom stereocenters. The minimum absolute atomic E-state index is 0.634. The second-order valence-electron chi connectivity index (χ2n) is 8.39. The molecule has 2 fully saturated rings. The summed E-state index contributed by atoms with van der Waals surface area (Å²) in [5.41, 5.74) is 2.93. The van der Waals surface area contributed by atoms with Gasteiger partial charge in [0.25, 0.3) is 0 Å². The van der Waals surface area contributed by atoms with Crippen LogP contribution in [-0.4, -0.2) is 56.9 Å². The summed E-state index contributed by atoms with van der Waals surface area (Å²) in [7, 11) is 0. The molecule has 2 saturated heterocycles. The molecular weight excluding hydrogens is 360 g/mol. The number of fused-ring (bicyclic) bond motifs is 2. The molecule has 0 amide bonds. The van der Waals surface area contributed by atoms with E-state index >= 15 is 0 Å². The maximum Gasteiger partial charge on any atom is 0.227 e. The van der Waals surface area contributed by atoms with Gasteiger partial charge < -0.3 is 4.90 Å². The Kier molecular flexibility index (Phi) is 4.79. The van der Waals surface area contributed by atoms with Crippen molar-refractivity contribution in [3.8, 4) is 11.5 Å². The summed E-state index contributed by atoms with van der Waals surface area (Å²) >= 11 is 0. The number of anilines is 1. The summed E-state index contributed by atoms with van der Waals surface area (Å²) < 4.78 is 2.19. The molecule has 2 aromatic heterocycles. The van der Waals surface area contributed by atoms with Gasteiger partial charge in [0.1, 0.15) is 5.69 Å². The fourth-order valence-corrected chi connectivity index (χ4v) is 4.66. The van der Waals surface area contributed by atoms with E-state index in [1.165, 1.54) is 25.8 Å². The molecule has 6 nitrogen and oxygen atoms in total. The number of hydrogen-bond acceptors (Lipinski definition) is 5. The van der Waals surface area contributed by atoms with Gasteiger partial charge in [-0.05, 0) is 38.4 Å². The summed E-state index contributed by atoms with van der Waals surface area (Å²) in [6, 6.07) is 13.0. The number of allylic oxidation sites excluding steroid dienone is 1. The molecule has 0 aliphatic carbocycles. The van der Waals surface area contributed by atoms with Crippen LogP contribution in [0.25, 0.3) is 22.4 Å². The second kappa shape index (κ2) is 7.59. The molecule has 2 aliphatic rings. The lowest BCUT2D eigenvalue weighted by Gasteiger charge is -2.44. The number of para-hydroxylation sites is 1. The van der Waals surface area contributed by atoms with E-state index in [2.05, 4.69) is 50.2 Å². The molecule has 3 aromatic rings. The van der Waals surface area contributed by atoms with Gasteiger partial charge in [-0.15, -0.1) is 10.2 Å². The second-order valence-corrected chi connectivity index (χ2v) is 8.39. The predicted molar refractivity (Wildman–Crippen MR) is 117 cm³/mol. The lowest BCUT2D eigenvalue weighted by molar-refractivity contribution is 0.132. The molecule has 0 N–H and O–H groups in total. The number of nitrogens with zero attached hydrogens (tertiary/aromatic N) is 6. The third-order valence-electron chi connectivity index (χ3n) is 6.11. The van der Waals surface area contributed by atoms with Crippen molar-refractivity contribution in [2.24, 2.45) is 0 Å². The largest absolute Gasteiger partial charge is 0.338 e. The van der Waals surface area contributed by atoms with Gasteiger partial charge in [-0.1, -0.05) is 42.8 Å². The van der Waals surface area contributed by atoms with Gasteiger partial charge in [0.15, 0.2) is 5.82 Å². The maximum absolute atomic E-state index is 4.86. The van der Waals surface area contributed by atoms with Crippen molar-refractivity contribution in [3.05, 3.63) is 48.6 Å². The van der Waals surface area contributed by atoms with Crippen LogP contribution in [-0.2, 0) is 6.54 Å².